The fraction of sp³-hybridized carbons (Fsp3) is 0.467. The molecule has 1 fully saturated rings. The summed E-state index contributed by atoms with van der Waals surface area (Å²) in [5, 5.41) is 2.55. The van der Waals surface area contributed by atoms with Gasteiger partial charge in [0.15, 0.2) is 0 Å². The second-order valence-electron chi connectivity index (χ2n) is 5.42. The van der Waals surface area contributed by atoms with Crippen molar-refractivity contribution in [2.75, 3.05) is 19.6 Å². The Balaban J connectivity index is 1.87. The molecule has 1 N–H and O–H groups in total. The lowest BCUT2D eigenvalue weighted by Crippen LogP contribution is -2.32. The van der Waals surface area contributed by atoms with E-state index < -0.39 is 26.4 Å². The number of sulfone groups is 1. The first-order valence-electron chi connectivity index (χ1n) is 7.50. The molecule has 9 heteroatoms. The summed E-state index contributed by atoms with van der Waals surface area (Å²) in [4.78, 5) is 24.9. The van der Waals surface area contributed by atoms with E-state index in [0.29, 0.717) is 0 Å². The molecule has 0 atom stereocenters. The highest BCUT2D eigenvalue weighted by Gasteiger charge is 2.26. The van der Waals surface area contributed by atoms with Gasteiger partial charge in [0.2, 0.25) is 15.7 Å². The van der Waals surface area contributed by atoms with Crippen LogP contribution in [0.2, 0.25) is 0 Å². The average molecular weight is 360 g/mol. The number of amides is 2. The maximum atomic E-state index is 12.4. The molecule has 1 aromatic carbocycles. The Kier molecular flexibility index (Phi) is 5.87. The number of carbonyl (C=O) groups is 2. The van der Waals surface area contributed by atoms with Gasteiger partial charge < -0.3 is 10.2 Å². The number of hydrogen-bond donors (Lipinski definition) is 1. The summed E-state index contributed by atoms with van der Waals surface area (Å²) in [5.41, 5.74) is 0.136. The molecular formula is C15H18F2N2O4S. The number of hydrogen-bond acceptors (Lipinski definition) is 4. The van der Waals surface area contributed by atoms with E-state index in [1.807, 2.05) is 0 Å². The van der Waals surface area contributed by atoms with Crippen molar-refractivity contribution >= 4 is 21.7 Å². The van der Waals surface area contributed by atoms with Crippen molar-refractivity contribution < 1.29 is 26.8 Å². The topological polar surface area (TPSA) is 83.6 Å². The molecule has 1 aliphatic rings. The zero-order chi connectivity index (χ0) is 17.7. The highest BCUT2D eigenvalue weighted by Crippen LogP contribution is 2.18. The number of nitrogens with zero attached hydrogens (tertiary/aromatic N) is 1. The number of rotatable bonds is 6. The minimum absolute atomic E-state index is 0.0221. The van der Waals surface area contributed by atoms with Gasteiger partial charge in [-0.15, -0.1) is 0 Å². The second kappa shape index (κ2) is 7.69. The average Bonchev–Trinajstić information content (AvgIpc) is 3.09. The predicted octanol–water partition coefficient (Wildman–Crippen LogP) is 1.43. The molecule has 0 aromatic heterocycles. The Morgan fingerprint density at radius 3 is 2.25 bits per heavy atom. The van der Waals surface area contributed by atoms with Gasteiger partial charge in [0.05, 0.1) is 4.90 Å². The normalized spacial score (nSPS) is 14.9. The van der Waals surface area contributed by atoms with Crippen LogP contribution in [0.4, 0.5) is 8.78 Å². The largest absolute Gasteiger partial charge is 0.352 e. The van der Waals surface area contributed by atoms with Crippen molar-refractivity contribution in [3.63, 3.8) is 0 Å². The van der Waals surface area contributed by atoms with E-state index >= 15 is 0 Å². The van der Waals surface area contributed by atoms with Crippen molar-refractivity contribution in [1.29, 1.82) is 0 Å². The van der Waals surface area contributed by atoms with E-state index in [1.165, 1.54) is 0 Å². The Morgan fingerprint density at radius 1 is 1.12 bits per heavy atom. The van der Waals surface area contributed by atoms with E-state index in [0.717, 1.165) is 50.2 Å². The molecule has 1 heterocycles. The first-order chi connectivity index (χ1) is 11.3. The first-order valence-corrected chi connectivity index (χ1v) is 9.05. The molecule has 0 aliphatic carbocycles. The zero-order valence-electron chi connectivity index (χ0n) is 12.9. The van der Waals surface area contributed by atoms with Crippen LogP contribution in [0.3, 0.4) is 0 Å². The Morgan fingerprint density at radius 2 is 1.71 bits per heavy atom. The molecule has 0 spiro atoms. The minimum atomic E-state index is -4.67. The predicted molar refractivity (Wildman–Crippen MR) is 82.4 cm³/mol. The van der Waals surface area contributed by atoms with Crippen LogP contribution < -0.4 is 5.32 Å². The number of nitrogens with one attached hydrogen (secondary N) is 1. The van der Waals surface area contributed by atoms with Crippen LogP contribution in [-0.4, -0.2) is 50.5 Å². The summed E-state index contributed by atoms with van der Waals surface area (Å²) >= 11 is 0. The van der Waals surface area contributed by atoms with Crippen LogP contribution in [0.5, 0.6) is 0 Å². The van der Waals surface area contributed by atoms with Crippen LogP contribution in [0.15, 0.2) is 29.2 Å². The lowest BCUT2D eigenvalue weighted by atomic mass is 10.2. The second-order valence-corrected chi connectivity index (χ2v) is 7.34. The summed E-state index contributed by atoms with van der Waals surface area (Å²) in [5.74, 6) is -4.02. The third kappa shape index (κ3) is 4.28. The maximum absolute atomic E-state index is 12.4. The van der Waals surface area contributed by atoms with E-state index in [1.54, 1.807) is 4.90 Å². The molecule has 6 nitrogen and oxygen atoms in total. The van der Waals surface area contributed by atoms with Gasteiger partial charge in [0, 0.05) is 31.6 Å². The lowest BCUT2D eigenvalue weighted by Gasteiger charge is -2.15. The molecule has 0 saturated carbocycles. The van der Waals surface area contributed by atoms with E-state index in [9.17, 15) is 26.8 Å². The summed E-state index contributed by atoms with van der Waals surface area (Å²) < 4.78 is 47.4. The fourth-order valence-electron chi connectivity index (χ4n) is 2.41. The molecule has 2 amide bonds. The van der Waals surface area contributed by atoms with Gasteiger partial charge in [-0.1, -0.05) is 0 Å². The van der Waals surface area contributed by atoms with Crippen LogP contribution >= 0.6 is 0 Å². The van der Waals surface area contributed by atoms with Crippen molar-refractivity contribution in [3.05, 3.63) is 29.8 Å². The summed E-state index contributed by atoms with van der Waals surface area (Å²) in [6, 6.07) is 4.25. The summed E-state index contributed by atoms with van der Waals surface area (Å²) in [6.45, 7) is 1.64. The van der Waals surface area contributed by atoms with Crippen molar-refractivity contribution in [1.82, 2.24) is 10.2 Å². The van der Waals surface area contributed by atoms with E-state index in [2.05, 4.69) is 5.32 Å². The smallest absolute Gasteiger partial charge is 0.341 e. The Labute approximate surface area is 138 Å². The number of benzene rings is 1. The van der Waals surface area contributed by atoms with Gasteiger partial charge in [-0.25, -0.2) is 8.42 Å². The standard InChI is InChI=1S/C15H18F2N2O4S/c16-15(17)24(22,23)12-5-3-11(4-6-12)14(21)18-8-7-13(20)19-9-1-2-10-19/h3-6,15H,1-2,7-10H2,(H,18,21). The van der Waals surface area contributed by atoms with Crippen molar-refractivity contribution in [2.45, 2.75) is 29.9 Å². The monoisotopic (exact) mass is 360 g/mol. The third-order valence-corrected chi connectivity index (χ3v) is 5.16. The van der Waals surface area contributed by atoms with Crippen molar-refractivity contribution in [3.8, 4) is 0 Å². The van der Waals surface area contributed by atoms with Crippen molar-refractivity contribution in [2.24, 2.45) is 0 Å². The highest BCUT2D eigenvalue weighted by molar-refractivity contribution is 7.91. The fourth-order valence-corrected chi connectivity index (χ4v) is 3.13. The van der Waals surface area contributed by atoms with Crippen LogP contribution in [-0.2, 0) is 14.6 Å². The van der Waals surface area contributed by atoms with Crippen LogP contribution in [0.1, 0.15) is 29.6 Å². The molecular weight excluding hydrogens is 342 g/mol. The molecule has 1 aromatic rings. The summed E-state index contributed by atoms with van der Waals surface area (Å²) in [7, 11) is -4.67. The molecule has 1 saturated heterocycles. The van der Waals surface area contributed by atoms with Gasteiger partial charge in [-0.05, 0) is 37.1 Å². The van der Waals surface area contributed by atoms with Crippen LogP contribution in [0.25, 0.3) is 0 Å². The number of carbonyl (C=O) groups excluding carboxylic acids is 2. The number of halogens is 2. The zero-order valence-corrected chi connectivity index (χ0v) is 13.7. The highest BCUT2D eigenvalue weighted by atomic mass is 32.2. The van der Waals surface area contributed by atoms with Gasteiger partial charge in [-0.2, -0.15) is 8.78 Å². The van der Waals surface area contributed by atoms with Gasteiger partial charge in [-0.3, -0.25) is 9.59 Å². The first kappa shape index (κ1) is 18.3. The Hall–Kier alpha value is -2.03. The van der Waals surface area contributed by atoms with E-state index in [-0.39, 0.29) is 24.4 Å². The SMILES string of the molecule is O=C(NCCC(=O)N1CCCC1)c1ccc(S(=O)(=O)C(F)F)cc1. The number of likely N-dealkylation sites (tertiary alicyclic amines) is 1. The van der Waals surface area contributed by atoms with Gasteiger partial charge in [0.1, 0.15) is 0 Å². The number of alkyl halides is 2. The minimum Gasteiger partial charge on any atom is -0.352 e. The molecule has 0 radical (unpaired) electrons. The molecule has 24 heavy (non-hydrogen) atoms. The quantitative estimate of drug-likeness (QED) is 0.832. The Bertz CT molecular complexity index is 699. The van der Waals surface area contributed by atoms with E-state index in [4.69, 9.17) is 0 Å². The maximum Gasteiger partial charge on any atom is 0.341 e. The van der Waals surface area contributed by atoms with Gasteiger partial charge in [0.25, 0.3) is 5.91 Å². The third-order valence-electron chi connectivity index (χ3n) is 3.76. The van der Waals surface area contributed by atoms with Crippen LogP contribution in [0, 0.1) is 0 Å². The summed E-state index contributed by atoms with van der Waals surface area (Å²) in [6.07, 6.45) is 2.17. The molecule has 0 bridgehead atoms. The van der Waals surface area contributed by atoms with Gasteiger partial charge >= 0.3 is 5.76 Å². The molecule has 132 valence electrons. The molecule has 2 rings (SSSR count). The lowest BCUT2D eigenvalue weighted by molar-refractivity contribution is -0.129. The molecule has 1 aliphatic heterocycles. The molecule has 0 unspecified atom stereocenters.